The fourth-order valence-corrected chi connectivity index (χ4v) is 2.69. The van der Waals surface area contributed by atoms with E-state index in [2.05, 4.69) is 26.1 Å². The Morgan fingerprint density at radius 3 is 2.52 bits per heavy atom. The van der Waals surface area contributed by atoms with Gasteiger partial charge in [0, 0.05) is 10.0 Å². The van der Waals surface area contributed by atoms with Crippen molar-refractivity contribution in [3.63, 3.8) is 0 Å². The maximum absolute atomic E-state index is 6.01. The summed E-state index contributed by atoms with van der Waals surface area (Å²) in [5.74, 6) is 0.630. The van der Waals surface area contributed by atoms with Crippen LogP contribution in [-0.4, -0.2) is 12.2 Å². The predicted molar refractivity (Wildman–Crippen MR) is 106 cm³/mol. The van der Waals surface area contributed by atoms with Crippen LogP contribution in [0.15, 0.2) is 75.3 Å². The maximum atomic E-state index is 6.01. The number of nitrogens with two attached hydrogens (primary N) is 2. The van der Waals surface area contributed by atoms with Gasteiger partial charge in [0.25, 0.3) is 0 Å². The first-order valence-corrected chi connectivity index (χ1v) is 8.44. The van der Waals surface area contributed by atoms with Crippen molar-refractivity contribution in [2.24, 2.45) is 21.7 Å². The second kappa shape index (κ2) is 7.81. The number of nitrogens with zero attached hydrogens (tertiary/aromatic N) is 2. The minimum Gasteiger partial charge on any atom is -0.488 e. The van der Waals surface area contributed by atoms with E-state index in [9.17, 15) is 0 Å². The van der Waals surface area contributed by atoms with Crippen LogP contribution in [0.1, 0.15) is 11.1 Å². The van der Waals surface area contributed by atoms with Gasteiger partial charge in [-0.1, -0.05) is 58.4 Å². The Morgan fingerprint density at radius 1 is 1.00 bits per heavy atom. The smallest absolute Gasteiger partial charge is 0.211 e. The van der Waals surface area contributed by atoms with E-state index < -0.39 is 0 Å². The molecular formula is C19H17BrN4O. The van der Waals surface area contributed by atoms with Crippen LogP contribution < -0.4 is 16.2 Å². The van der Waals surface area contributed by atoms with Gasteiger partial charge in [0.05, 0.1) is 6.21 Å². The van der Waals surface area contributed by atoms with E-state index in [0.29, 0.717) is 6.61 Å². The number of rotatable bonds is 5. The van der Waals surface area contributed by atoms with Gasteiger partial charge in [-0.2, -0.15) is 5.10 Å². The second-order valence-electron chi connectivity index (χ2n) is 5.38. The molecule has 0 heterocycles. The van der Waals surface area contributed by atoms with Crippen molar-refractivity contribution in [3.8, 4) is 5.75 Å². The van der Waals surface area contributed by atoms with Crippen LogP contribution in [0.5, 0.6) is 5.75 Å². The third kappa shape index (κ3) is 4.36. The zero-order valence-electron chi connectivity index (χ0n) is 13.4. The Bertz CT molecular complexity index is 932. The van der Waals surface area contributed by atoms with E-state index in [1.165, 1.54) is 0 Å². The Balaban J connectivity index is 1.94. The summed E-state index contributed by atoms with van der Waals surface area (Å²) in [5.41, 5.74) is 12.6. The average Bonchev–Trinajstić information content (AvgIpc) is 2.62. The van der Waals surface area contributed by atoms with Crippen LogP contribution in [0.25, 0.3) is 10.8 Å². The number of ether oxygens (including phenoxy) is 1. The highest BCUT2D eigenvalue weighted by molar-refractivity contribution is 9.10. The van der Waals surface area contributed by atoms with Crippen LogP contribution in [0.4, 0.5) is 0 Å². The molecule has 6 heteroatoms. The van der Waals surface area contributed by atoms with Crippen LogP contribution in [0, 0.1) is 0 Å². The van der Waals surface area contributed by atoms with E-state index >= 15 is 0 Å². The molecule has 0 aromatic heterocycles. The molecular weight excluding hydrogens is 380 g/mol. The molecule has 126 valence electrons. The fourth-order valence-electron chi connectivity index (χ4n) is 2.43. The predicted octanol–water partition coefficient (Wildman–Crippen LogP) is 3.79. The lowest BCUT2D eigenvalue weighted by molar-refractivity contribution is 0.306. The zero-order valence-corrected chi connectivity index (χ0v) is 15.0. The van der Waals surface area contributed by atoms with Crippen LogP contribution in [-0.2, 0) is 6.61 Å². The van der Waals surface area contributed by atoms with Gasteiger partial charge in [-0.25, -0.2) is 0 Å². The van der Waals surface area contributed by atoms with Crippen LogP contribution in [0.2, 0.25) is 0 Å². The molecule has 0 amide bonds. The molecule has 3 aromatic rings. The standard InChI is InChI=1S/C19H17BrN4O/c20-15-8-5-13(6-9-15)12-25-18-10-7-14-3-1-2-4-16(14)17(18)11-23-24-19(21)22/h1-11H,12H2,(H4,21,22,24)/b23-11+. The van der Waals surface area contributed by atoms with Crippen LogP contribution >= 0.6 is 15.9 Å². The molecule has 0 aliphatic rings. The Kier molecular flexibility index (Phi) is 5.30. The lowest BCUT2D eigenvalue weighted by Gasteiger charge is -2.11. The molecule has 0 bridgehead atoms. The van der Waals surface area contributed by atoms with Crippen molar-refractivity contribution >= 4 is 38.9 Å². The van der Waals surface area contributed by atoms with E-state index in [1.807, 2.05) is 60.7 Å². The average molecular weight is 397 g/mol. The van der Waals surface area contributed by atoms with Crippen molar-refractivity contribution in [3.05, 3.63) is 76.3 Å². The van der Waals surface area contributed by atoms with Gasteiger partial charge in [0.1, 0.15) is 12.4 Å². The third-order valence-corrected chi connectivity index (χ3v) is 4.13. The van der Waals surface area contributed by atoms with E-state index in [-0.39, 0.29) is 5.96 Å². The van der Waals surface area contributed by atoms with E-state index in [4.69, 9.17) is 16.2 Å². The molecule has 3 aromatic carbocycles. The number of fused-ring (bicyclic) bond motifs is 1. The normalized spacial score (nSPS) is 10.9. The minimum absolute atomic E-state index is 0.0891. The Hall–Kier alpha value is -2.86. The van der Waals surface area contributed by atoms with Crippen molar-refractivity contribution in [1.82, 2.24) is 0 Å². The highest BCUT2D eigenvalue weighted by Gasteiger charge is 2.07. The zero-order chi connectivity index (χ0) is 17.6. The summed E-state index contributed by atoms with van der Waals surface area (Å²) >= 11 is 3.43. The molecule has 0 aliphatic carbocycles. The minimum atomic E-state index is -0.0891. The Morgan fingerprint density at radius 2 is 1.76 bits per heavy atom. The highest BCUT2D eigenvalue weighted by atomic mass is 79.9. The summed E-state index contributed by atoms with van der Waals surface area (Å²) in [6.45, 7) is 0.453. The molecule has 0 atom stereocenters. The van der Waals surface area contributed by atoms with Crippen LogP contribution in [0.3, 0.4) is 0 Å². The molecule has 0 unspecified atom stereocenters. The van der Waals surface area contributed by atoms with E-state index in [0.717, 1.165) is 32.1 Å². The molecule has 5 nitrogen and oxygen atoms in total. The van der Waals surface area contributed by atoms with Gasteiger partial charge in [-0.3, -0.25) is 0 Å². The lowest BCUT2D eigenvalue weighted by atomic mass is 10.0. The van der Waals surface area contributed by atoms with Gasteiger partial charge >= 0.3 is 0 Å². The maximum Gasteiger partial charge on any atom is 0.211 e. The van der Waals surface area contributed by atoms with Gasteiger partial charge in [-0.15, -0.1) is 5.10 Å². The van der Waals surface area contributed by atoms with Gasteiger partial charge in [-0.05, 0) is 34.5 Å². The number of guanidine groups is 1. The molecule has 0 aliphatic heterocycles. The van der Waals surface area contributed by atoms with Gasteiger partial charge in [0.15, 0.2) is 0 Å². The quantitative estimate of drug-likeness (QED) is 0.390. The number of halogens is 1. The second-order valence-corrected chi connectivity index (χ2v) is 6.30. The monoisotopic (exact) mass is 396 g/mol. The highest BCUT2D eigenvalue weighted by Crippen LogP contribution is 2.27. The molecule has 0 radical (unpaired) electrons. The van der Waals surface area contributed by atoms with Crippen molar-refractivity contribution in [2.45, 2.75) is 6.61 Å². The summed E-state index contributed by atoms with van der Waals surface area (Å²) in [4.78, 5) is 0. The SMILES string of the molecule is NC(N)=N/N=C/c1c(OCc2ccc(Br)cc2)ccc2ccccc12. The van der Waals surface area contributed by atoms with Crippen molar-refractivity contribution < 1.29 is 4.74 Å². The first kappa shape index (κ1) is 17.0. The van der Waals surface area contributed by atoms with Gasteiger partial charge in [0.2, 0.25) is 5.96 Å². The third-order valence-electron chi connectivity index (χ3n) is 3.60. The molecule has 25 heavy (non-hydrogen) atoms. The topological polar surface area (TPSA) is 86.0 Å². The Labute approximate surface area is 154 Å². The summed E-state index contributed by atoms with van der Waals surface area (Å²) in [6.07, 6.45) is 1.61. The first-order valence-electron chi connectivity index (χ1n) is 7.64. The lowest BCUT2D eigenvalue weighted by Crippen LogP contribution is -2.21. The number of hydrogen-bond donors (Lipinski definition) is 2. The fraction of sp³-hybridized carbons (Fsp3) is 0.0526. The summed E-state index contributed by atoms with van der Waals surface area (Å²) in [6, 6.07) is 19.9. The first-order chi connectivity index (χ1) is 12.1. The summed E-state index contributed by atoms with van der Waals surface area (Å²) in [7, 11) is 0. The molecule has 0 fully saturated rings. The molecule has 4 N–H and O–H groups in total. The molecule has 0 spiro atoms. The summed E-state index contributed by atoms with van der Waals surface area (Å²) < 4.78 is 7.05. The van der Waals surface area contributed by atoms with Crippen molar-refractivity contribution in [1.29, 1.82) is 0 Å². The largest absolute Gasteiger partial charge is 0.488 e. The van der Waals surface area contributed by atoms with Gasteiger partial charge < -0.3 is 16.2 Å². The summed E-state index contributed by atoms with van der Waals surface area (Å²) in [5, 5.41) is 9.73. The number of hydrogen-bond acceptors (Lipinski definition) is 3. The van der Waals surface area contributed by atoms with E-state index in [1.54, 1.807) is 6.21 Å². The number of benzene rings is 3. The molecule has 0 saturated heterocycles. The molecule has 0 saturated carbocycles. The van der Waals surface area contributed by atoms with Crippen molar-refractivity contribution in [2.75, 3.05) is 0 Å². The molecule has 3 rings (SSSR count).